The minimum Gasteiger partial charge on any atom is -0.0619 e. The summed E-state index contributed by atoms with van der Waals surface area (Å²) in [4.78, 5) is 0. The van der Waals surface area contributed by atoms with Crippen LogP contribution in [0.1, 0.15) is 22.3 Å². The van der Waals surface area contributed by atoms with Crippen LogP contribution in [0.5, 0.6) is 0 Å². The van der Waals surface area contributed by atoms with Gasteiger partial charge in [-0.1, -0.05) is 388 Å². The number of hydrogen-bond acceptors (Lipinski definition) is 0. The molecule has 0 aliphatic heterocycles. The molecule has 0 radical (unpaired) electrons. The molecule has 1 aliphatic carbocycles. The summed E-state index contributed by atoms with van der Waals surface area (Å²) in [6, 6.07) is 172. The minimum atomic E-state index is -1.01. The first kappa shape index (κ1) is 68.6. The highest BCUT2D eigenvalue weighted by molar-refractivity contribution is 6.27. The standard InChI is InChI=1S/C121H74/c1-5-33-79-65-83(61-57-75(79)29-1)113-95-39-9-17-47-103(95)117(104-48-18-10-40-96(104)113)87-69-88(118-105-49-19-11-41-97(105)114(98-42-12-20-50-106(98)118)84-62-58-76-30-2-6-34-80(76)66-84)72-91(71-87)121(111-55-27-25-37-93(111)94-38-26-28-56-112(94)121)92-73-89(119-107-51-21-13-43-99(107)115(100-44-14-22-52-108(100)119)85-63-59-77-31-3-7-35-81(77)67-85)70-90(74-92)120-109-53-23-15-45-101(109)116(102-46-16-24-54-110(102)120)86-64-60-78-32-4-8-36-82(78)68-86/h1-74H. The molecule has 558 valence electrons. The summed E-state index contributed by atoms with van der Waals surface area (Å²) < 4.78 is 0. The third-order valence-electron chi connectivity index (χ3n) is 26.7. The fourth-order valence-electron chi connectivity index (χ4n) is 21.7. The molecule has 0 atom stereocenters. The van der Waals surface area contributed by atoms with Gasteiger partial charge in [0.15, 0.2) is 0 Å². The lowest BCUT2D eigenvalue weighted by Crippen LogP contribution is -2.29. The molecule has 25 rings (SSSR count). The van der Waals surface area contributed by atoms with E-state index >= 15 is 0 Å². The van der Waals surface area contributed by atoms with Crippen LogP contribution < -0.4 is 0 Å². The van der Waals surface area contributed by atoms with Gasteiger partial charge in [0.05, 0.1) is 5.41 Å². The van der Waals surface area contributed by atoms with Crippen molar-refractivity contribution < 1.29 is 0 Å². The van der Waals surface area contributed by atoms with E-state index in [1.54, 1.807) is 0 Å². The summed E-state index contributed by atoms with van der Waals surface area (Å²) in [5.41, 5.74) is 25.2. The molecular formula is C121H74. The summed E-state index contributed by atoms with van der Waals surface area (Å²) in [5.74, 6) is 0. The Labute approximate surface area is 701 Å². The molecule has 0 fully saturated rings. The van der Waals surface area contributed by atoms with Crippen LogP contribution >= 0.6 is 0 Å². The summed E-state index contributed by atoms with van der Waals surface area (Å²) in [6.45, 7) is 0. The maximum Gasteiger partial charge on any atom is 0.0714 e. The van der Waals surface area contributed by atoms with Crippen LogP contribution in [0.4, 0.5) is 0 Å². The van der Waals surface area contributed by atoms with Crippen molar-refractivity contribution in [1.29, 1.82) is 0 Å². The average molecular weight is 1530 g/mol. The Morgan fingerprint density at radius 1 is 0.116 bits per heavy atom. The van der Waals surface area contributed by atoms with Gasteiger partial charge in [-0.3, -0.25) is 0 Å². The number of fused-ring (bicyclic) bond motifs is 15. The van der Waals surface area contributed by atoms with E-state index in [2.05, 4.69) is 449 Å². The Balaban J connectivity index is 0.850. The van der Waals surface area contributed by atoms with E-state index in [9.17, 15) is 0 Å². The number of benzene rings is 24. The molecule has 0 bridgehead atoms. The van der Waals surface area contributed by atoms with Crippen molar-refractivity contribution in [2.75, 3.05) is 0 Å². The summed E-state index contributed by atoms with van der Waals surface area (Å²) in [7, 11) is 0. The Hall–Kier alpha value is -15.6. The predicted molar refractivity (Wildman–Crippen MR) is 517 cm³/mol. The normalized spacial score (nSPS) is 12.5. The second kappa shape index (κ2) is 27.2. The number of rotatable bonds is 10. The van der Waals surface area contributed by atoms with Gasteiger partial charge in [-0.15, -0.1) is 0 Å². The third-order valence-corrected chi connectivity index (χ3v) is 26.7. The molecule has 0 nitrogen and oxygen atoms in total. The monoisotopic (exact) mass is 1530 g/mol. The fourth-order valence-corrected chi connectivity index (χ4v) is 21.7. The van der Waals surface area contributed by atoms with Gasteiger partial charge in [-0.2, -0.15) is 0 Å². The Morgan fingerprint density at radius 2 is 0.281 bits per heavy atom. The van der Waals surface area contributed by atoms with E-state index in [0.717, 1.165) is 22.3 Å². The zero-order valence-electron chi connectivity index (χ0n) is 66.2. The fraction of sp³-hybridized carbons (Fsp3) is 0.00826. The lowest BCUT2D eigenvalue weighted by atomic mass is 9.65. The quantitative estimate of drug-likeness (QED) is 0.120. The van der Waals surface area contributed by atoms with Crippen LogP contribution in [0.15, 0.2) is 449 Å². The minimum absolute atomic E-state index is 1.01. The van der Waals surface area contributed by atoms with E-state index in [1.807, 2.05) is 0 Å². The van der Waals surface area contributed by atoms with Crippen molar-refractivity contribution in [3.8, 4) is 100 Å². The van der Waals surface area contributed by atoms with E-state index in [-0.39, 0.29) is 0 Å². The maximum atomic E-state index is 2.64. The summed E-state index contributed by atoms with van der Waals surface area (Å²) in [5, 5.41) is 28.9. The van der Waals surface area contributed by atoms with Crippen LogP contribution in [0.2, 0.25) is 0 Å². The largest absolute Gasteiger partial charge is 0.0714 e. The summed E-state index contributed by atoms with van der Waals surface area (Å²) in [6.07, 6.45) is 0. The second-order valence-corrected chi connectivity index (χ2v) is 33.1. The molecule has 121 heavy (non-hydrogen) atoms. The van der Waals surface area contributed by atoms with Crippen LogP contribution in [-0.2, 0) is 5.41 Å². The van der Waals surface area contributed by atoms with Crippen LogP contribution in [-0.4, -0.2) is 0 Å². The molecule has 0 aromatic heterocycles. The highest BCUT2D eigenvalue weighted by Crippen LogP contribution is 2.61. The van der Waals surface area contributed by atoms with Crippen molar-refractivity contribution in [2.24, 2.45) is 0 Å². The molecule has 0 heterocycles. The first-order valence-corrected chi connectivity index (χ1v) is 42.2. The molecule has 0 spiro atoms. The summed E-state index contributed by atoms with van der Waals surface area (Å²) >= 11 is 0. The SMILES string of the molecule is c1ccc2c(c1)-c1ccccc1C2(c1cc(-c2c3ccccc3c(-c3ccc4ccccc4c3)c3ccccc23)cc(-c2c3ccccc3c(-c3ccc4ccccc4c3)c3ccccc23)c1)c1cc(-c2c3ccccc3c(-c3ccc4ccccc4c3)c3ccccc23)cc(-c2c3ccccc3c(-c3ccc4ccccc4c3)c3ccccc23)c1. The van der Waals surface area contributed by atoms with Gasteiger partial charge < -0.3 is 0 Å². The van der Waals surface area contributed by atoms with Gasteiger partial charge in [-0.05, 0) is 312 Å². The van der Waals surface area contributed by atoms with Crippen LogP contribution in [0, 0.1) is 0 Å². The van der Waals surface area contributed by atoms with Gasteiger partial charge in [-0.25, -0.2) is 0 Å². The second-order valence-electron chi connectivity index (χ2n) is 33.1. The third kappa shape index (κ3) is 10.5. The average Bonchev–Trinajstić information content (AvgIpc) is 1.53. The highest BCUT2D eigenvalue weighted by Gasteiger charge is 2.47. The Bertz CT molecular complexity index is 7370. The zero-order valence-corrected chi connectivity index (χ0v) is 66.2. The van der Waals surface area contributed by atoms with Crippen molar-refractivity contribution in [2.45, 2.75) is 5.41 Å². The molecule has 0 heteroatoms. The lowest BCUT2D eigenvalue weighted by Gasteiger charge is -2.36. The first-order valence-electron chi connectivity index (χ1n) is 42.2. The zero-order chi connectivity index (χ0) is 79.4. The Kier molecular flexibility index (Phi) is 15.4. The van der Waals surface area contributed by atoms with Gasteiger partial charge >= 0.3 is 0 Å². The van der Waals surface area contributed by atoms with Crippen molar-refractivity contribution in [3.63, 3.8) is 0 Å². The van der Waals surface area contributed by atoms with E-state index in [1.165, 1.54) is 229 Å². The molecule has 0 amide bonds. The predicted octanol–water partition coefficient (Wildman–Crippen LogP) is 33.2. The van der Waals surface area contributed by atoms with Crippen molar-refractivity contribution in [3.05, 3.63) is 471 Å². The molecule has 1 aliphatic rings. The van der Waals surface area contributed by atoms with Gasteiger partial charge in [0, 0.05) is 0 Å². The van der Waals surface area contributed by atoms with Gasteiger partial charge in [0.1, 0.15) is 0 Å². The molecular weight excluding hydrogens is 1450 g/mol. The smallest absolute Gasteiger partial charge is 0.0619 e. The first-order chi connectivity index (χ1) is 60.0. The van der Waals surface area contributed by atoms with E-state index < -0.39 is 5.41 Å². The maximum absolute atomic E-state index is 2.64. The van der Waals surface area contributed by atoms with E-state index in [0.29, 0.717) is 0 Å². The molecule has 0 N–H and O–H groups in total. The van der Waals surface area contributed by atoms with E-state index in [4.69, 9.17) is 0 Å². The Morgan fingerprint density at radius 3 is 0.488 bits per heavy atom. The molecule has 0 saturated heterocycles. The molecule has 0 saturated carbocycles. The lowest BCUT2D eigenvalue weighted by molar-refractivity contribution is 0.770. The van der Waals surface area contributed by atoms with Gasteiger partial charge in [0.2, 0.25) is 0 Å². The number of hydrogen-bond donors (Lipinski definition) is 0. The molecule has 24 aromatic carbocycles. The van der Waals surface area contributed by atoms with Crippen molar-refractivity contribution in [1.82, 2.24) is 0 Å². The van der Waals surface area contributed by atoms with Gasteiger partial charge in [0.25, 0.3) is 0 Å². The van der Waals surface area contributed by atoms with Crippen molar-refractivity contribution >= 4 is 129 Å². The molecule has 24 aromatic rings. The topological polar surface area (TPSA) is 0 Å². The van der Waals surface area contributed by atoms with Crippen LogP contribution in [0.3, 0.4) is 0 Å². The molecule has 0 unspecified atom stereocenters. The highest BCUT2D eigenvalue weighted by atomic mass is 14.5. The van der Waals surface area contributed by atoms with Crippen LogP contribution in [0.25, 0.3) is 229 Å².